The third-order valence-corrected chi connectivity index (χ3v) is 8.83. The lowest BCUT2D eigenvalue weighted by Gasteiger charge is -2.32. The number of nitrogen functional groups attached to an aromatic ring is 1. The van der Waals surface area contributed by atoms with Gasteiger partial charge in [-0.05, 0) is 86.0 Å². The molecule has 5 rings (SSSR count). The first-order chi connectivity index (χ1) is 20.3. The number of ether oxygens (including phenoxy) is 1. The maximum atomic E-state index is 14.5. The van der Waals surface area contributed by atoms with Crippen molar-refractivity contribution in [1.82, 2.24) is 20.0 Å². The van der Waals surface area contributed by atoms with Crippen molar-refractivity contribution in [2.24, 2.45) is 0 Å². The van der Waals surface area contributed by atoms with Crippen LogP contribution in [-0.4, -0.2) is 52.4 Å². The summed E-state index contributed by atoms with van der Waals surface area (Å²) < 4.78 is 10.0. The van der Waals surface area contributed by atoms with Crippen LogP contribution in [0.3, 0.4) is 0 Å². The number of nitrogens with two attached hydrogens (primary N) is 1. The highest BCUT2D eigenvalue weighted by atomic mass is 32.1. The molecule has 0 radical (unpaired) electrons. The van der Waals surface area contributed by atoms with Gasteiger partial charge in [0.2, 0.25) is 5.91 Å². The van der Waals surface area contributed by atoms with Crippen LogP contribution in [0.15, 0.2) is 42.7 Å². The number of hydrogen-bond donors (Lipinski definition) is 3. The van der Waals surface area contributed by atoms with Gasteiger partial charge in [0.15, 0.2) is 5.69 Å². The van der Waals surface area contributed by atoms with Crippen LogP contribution in [0.25, 0.3) is 0 Å². The lowest BCUT2D eigenvalue weighted by molar-refractivity contribution is -0.123. The minimum atomic E-state index is -1.04. The Balaban J connectivity index is 1.52. The van der Waals surface area contributed by atoms with Crippen molar-refractivity contribution in [1.29, 1.82) is 0 Å². The zero-order valence-electron chi connectivity index (χ0n) is 24.1. The van der Waals surface area contributed by atoms with Gasteiger partial charge in [0.25, 0.3) is 11.8 Å². The monoisotopic (exact) mass is 590 g/mol. The molecule has 1 aliphatic heterocycles. The Bertz CT molecular complexity index is 1420. The molecule has 1 saturated carbocycles. The topological polar surface area (TPSA) is 140 Å². The second-order valence-corrected chi connectivity index (χ2v) is 11.9. The van der Waals surface area contributed by atoms with E-state index in [1.807, 2.05) is 32.0 Å². The highest BCUT2D eigenvalue weighted by molar-refractivity contribution is 7.09. The van der Waals surface area contributed by atoms with E-state index in [-0.39, 0.29) is 40.2 Å². The van der Waals surface area contributed by atoms with Crippen molar-refractivity contribution < 1.29 is 19.1 Å². The van der Waals surface area contributed by atoms with Gasteiger partial charge in [-0.2, -0.15) is 4.37 Å². The van der Waals surface area contributed by atoms with E-state index in [0.717, 1.165) is 67.6 Å². The molecule has 3 heterocycles. The number of anilines is 2. The van der Waals surface area contributed by atoms with Crippen molar-refractivity contribution in [2.75, 3.05) is 23.8 Å². The quantitative estimate of drug-likeness (QED) is 0.334. The third-order valence-electron chi connectivity index (χ3n) is 7.98. The Hall–Kier alpha value is -3.83. The molecule has 3 aromatic rings. The zero-order chi connectivity index (χ0) is 29.6. The number of carbonyl (C=O) groups excluding carboxylic acids is 3. The van der Waals surface area contributed by atoms with Crippen LogP contribution in [0.1, 0.15) is 87.8 Å². The van der Waals surface area contributed by atoms with Crippen molar-refractivity contribution in [3.05, 3.63) is 70.0 Å². The summed E-state index contributed by atoms with van der Waals surface area (Å²) in [4.78, 5) is 47.3. The molecule has 0 unspecified atom stereocenters. The summed E-state index contributed by atoms with van der Waals surface area (Å²) in [6, 6.07) is 8.22. The van der Waals surface area contributed by atoms with Gasteiger partial charge in [-0.25, -0.2) is 0 Å². The van der Waals surface area contributed by atoms with Crippen LogP contribution < -0.4 is 21.3 Å². The fraction of sp³-hybridized carbons (Fsp3) is 0.452. The Morgan fingerprint density at radius 3 is 2.55 bits per heavy atom. The fourth-order valence-corrected chi connectivity index (χ4v) is 6.39. The SMILES string of the molecule is Cc1ccc(C)c(N(C(=O)c2snc(C(=O)NC3CCCCC3)c2N)[C@H](C(=O)NC[C@H]2CCCO2)c2ccncc2)c1. The smallest absolute Gasteiger partial charge is 0.273 e. The Kier molecular flexibility index (Phi) is 9.48. The average Bonchev–Trinajstić information content (AvgIpc) is 3.66. The number of aryl methyl sites for hydroxylation is 2. The summed E-state index contributed by atoms with van der Waals surface area (Å²) >= 11 is 0.875. The van der Waals surface area contributed by atoms with Gasteiger partial charge in [-0.15, -0.1) is 0 Å². The molecule has 222 valence electrons. The molecule has 42 heavy (non-hydrogen) atoms. The van der Waals surface area contributed by atoms with E-state index >= 15 is 0 Å². The second-order valence-electron chi connectivity index (χ2n) is 11.1. The molecule has 1 saturated heterocycles. The minimum absolute atomic E-state index is 0.0156. The van der Waals surface area contributed by atoms with Gasteiger partial charge in [-0.1, -0.05) is 31.4 Å². The Morgan fingerprint density at radius 1 is 1.07 bits per heavy atom. The first-order valence-electron chi connectivity index (χ1n) is 14.6. The molecule has 1 aromatic carbocycles. The number of hydrogen-bond acceptors (Lipinski definition) is 8. The van der Waals surface area contributed by atoms with Crippen molar-refractivity contribution in [2.45, 2.75) is 77.0 Å². The highest BCUT2D eigenvalue weighted by Crippen LogP contribution is 2.35. The number of aromatic nitrogens is 2. The second kappa shape index (κ2) is 13.4. The molecule has 2 atom stereocenters. The molecule has 11 heteroatoms. The Morgan fingerprint density at radius 2 is 1.83 bits per heavy atom. The molecule has 0 spiro atoms. The first-order valence-corrected chi connectivity index (χ1v) is 15.4. The van der Waals surface area contributed by atoms with Crippen LogP contribution in [0.4, 0.5) is 11.4 Å². The summed E-state index contributed by atoms with van der Waals surface area (Å²) in [5, 5.41) is 6.04. The first kappa shape index (κ1) is 29.7. The molecule has 10 nitrogen and oxygen atoms in total. The highest BCUT2D eigenvalue weighted by Gasteiger charge is 2.37. The average molecular weight is 591 g/mol. The number of rotatable bonds is 9. The number of carbonyl (C=O) groups is 3. The molecular weight excluding hydrogens is 552 g/mol. The van der Waals surface area contributed by atoms with Crippen molar-refractivity contribution >= 4 is 40.6 Å². The number of benzene rings is 1. The normalized spacial score (nSPS) is 17.9. The largest absolute Gasteiger partial charge is 0.395 e. The maximum absolute atomic E-state index is 14.5. The molecule has 3 amide bonds. The molecule has 0 bridgehead atoms. The van der Waals surface area contributed by atoms with Crippen molar-refractivity contribution in [3.8, 4) is 0 Å². The van der Waals surface area contributed by atoms with Crippen molar-refractivity contribution in [3.63, 3.8) is 0 Å². The van der Waals surface area contributed by atoms with Gasteiger partial charge in [0.05, 0.1) is 11.8 Å². The van der Waals surface area contributed by atoms with E-state index in [2.05, 4.69) is 20.0 Å². The van der Waals surface area contributed by atoms with Gasteiger partial charge in [0, 0.05) is 37.3 Å². The number of pyridine rings is 1. The Labute approximate surface area is 250 Å². The predicted molar refractivity (Wildman–Crippen MR) is 163 cm³/mol. The van der Waals surface area contributed by atoms with Gasteiger partial charge in [-0.3, -0.25) is 24.3 Å². The lowest BCUT2D eigenvalue weighted by atomic mass is 9.95. The van der Waals surface area contributed by atoms with Crippen LogP contribution >= 0.6 is 11.5 Å². The van der Waals surface area contributed by atoms with E-state index in [1.165, 1.54) is 4.90 Å². The third kappa shape index (κ3) is 6.63. The van der Waals surface area contributed by atoms with Gasteiger partial charge >= 0.3 is 0 Å². The van der Waals surface area contributed by atoms with Crippen LogP contribution in [0, 0.1) is 13.8 Å². The van der Waals surface area contributed by atoms with Gasteiger partial charge in [0.1, 0.15) is 10.9 Å². The maximum Gasteiger partial charge on any atom is 0.273 e. The predicted octanol–water partition coefficient (Wildman–Crippen LogP) is 4.48. The number of nitrogens with zero attached hydrogens (tertiary/aromatic N) is 3. The fourth-order valence-electron chi connectivity index (χ4n) is 5.65. The summed E-state index contributed by atoms with van der Waals surface area (Å²) in [6.07, 6.45) is 10.1. The zero-order valence-corrected chi connectivity index (χ0v) is 24.9. The summed E-state index contributed by atoms with van der Waals surface area (Å²) in [7, 11) is 0. The molecule has 1 aliphatic carbocycles. The summed E-state index contributed by atoms with van der Waals surface area (Å²) in [6.45, 7) is 4.83. The van der Waals surface area contributed by atoms with E-state index in [1.54, 1.807) is 24.5 Å². The summed E-state index contributed by atoms with van der Waals surface area (Å²) in [5.74, 6) is -1.25. The van der Waals surface area contributed by atoms with E-state index < -0.39 is 11.9 Å². The molecule has 2 aliphatic rings. The molecule has 2 aromatic heterocycles. The molecule has 2 fully saturated rings. The van der Waals surface area contributed by atoms with E-state index in [0.29, 0.717) is 24.4 Å². The van der Waals surface area contributed by atoms with Crippen LogP contribution in [-0.2, 0) is 9.53 Å². The standard InChI is InChI=1S/C31H38N6O4S/c1-19-10-11-20(2)24(17-19)37(27(21-12-14-33-15-13-21)30(39)34-18-23-9-6-16-41-23)31(40)28-25(32)26(36-42-28)29(38)35-22-7-4-3-5-8-22/h10-15,17,22-23,27H,3-9,16,18,32H2,1-2H3,(H,34,39)(H,35,38)/t23-,27+/m1/s1. The lowest BCUT2D eigenvalue weighted by Crippen LogP contribution is -2.46. The van der Waals surface area contributed by atoms with E-state index in [4.69, 9.17) is 10.5 Å². The summed E-state index contributed by atoms with van der Waals surface area (Å²) in [5.41, 5.74) is 9.40. The van der Waals surface area contributed by atoms with E-state index in [9.17, 15) is 14.4 Å². The number of nitrogens with one attached hydrogen (secondary N) is 2. The number of amides is 3. The van der Waals surface area contributed by atoms with Crippen LogP contribution in [0.2, 0.25) is 0 Å². The molecule has 4 N–H and O–H groups in total. The minimum Gasteiger partial charge on any atom is -0.395 e. The van der Waals surface area contributed by atoms with Crippen LogP contribution in [0.5, 0.6) is 0 Å². The molecular formula is C31H38N6O4S. The van der Waals surface area contributed by atoms with Gasteiger partial charge < -0.3 is 21.1 Å².